The molecule has 0 aliphatic rings. The molecule has 34 heavy (non-hydrogen) atoms. The second-order valence-electron chi connectivity index (χ2n) is 10.2. The van der Waals surface area contributed by atoms with Gasteiger partial charge in [0.1, 0.15) is 17.7 Å². The predicted octanol–water partition coefficient (Wildman–Crippen LogP) is 5.13. The molecule has 0 fully saturated rings. The minimum atomic E-state index is -0.818. The predicted molar refractivity (Wildman–Crippen MR) is 136 cm³/mol. The summed E-state index contributed by atoms with van der Waals surface area (Å²) in [5.41, 5.74) is 1.05. The van der Waals surface area contributed by atoms with Crippen molar-refractivity contribution in [3.05, 3.63) is 35.4 Å². The number of hydrogen-bond donors (Lipinski definition) is 2. The van der Waals surface area contributed by atoms with Crippen molar-refractivity contribution in [1.29, 1.82) is 0 Å². The summed E-state index contributed by atoms with van der Waals surface area (Å²) >= 11 is 0. The van der Waals surface area contributed by atoms with E-state index in [1.807, 2.05) is 52.0 Å². The maximum absolute atomic E-state index is 13.9. The Morgan fingerprint density at radius 2 is 1.65 bits per heavy atom. The summed E-state index contributed by atoms with van der Waals surface area (Å²) in [6.45, 7) is 16.1. The van der Waals surface area contributed by atoms with Gasteiger partial charge in [-0.05, 0) is 57.6 Å². The van der Waals surface area contributed by atoms with Gasteiger partial charge in [0, 0.05) is 13.1 Å². The average Bonchev–Trinajstić information content (AvgIpc) is 2.74. The summed E-state index contributed by atoms with van der Waals surface area (Å²) in [6, 6.07) is 6.06. The minimum absolute atomic E-state index is 0.190. The number of nitrogens with zero attached hydrogens (tertiary/aromatic N) is 1. The normalized spacial score (nSPS) is 13.2. The molecule has 0 aliphatic heterocycles. The topological polar surface area (TPSA) is 87.7 Å². The van der Waals surface area contributed by atoms with Gasteiger partial charge in [0.15, 0.2) is 0 Å². The molecular weight excluding hydrogens is 430 g/mol. The standard InChI is InChI=1S/C27H45N3O4/c1-9-11-17-28-24(31)23(21-16-14-13-15-20(21)5)30(18-12-10-2)25(32)22(19(3)4)29-26(33)34-27(6,7)8/h13-16,19,22-23H,9-12,17-18H2,1-8H3,(H,28,31)(H,29,33). The summed E-state index contributed by atoms with van der Waals surface area (Å²) in [4.78, 5) is 41.6. The van der Waals surface area contributed by atoms with Crippen molar-refractivity contribution in [2.24, 2.45) is 5.92 Å². The van der Waals surface area contributed by atoms with Crippen LogP contribution in [0.5, 0.6) is 0 Å². The number of aryl methyl sites for hydroxylation is 1. The van der Waals surface area contributed by atoms with E-state index in [0.717, 1.165) is 36.8 Å². The fourth-order valence-electron chi connectivity index (χ4n) is 3.65. The molecule has 2 unspecified atom stereocenters. The molecule has 0 bridgehead atoms. The van der Waals surface area contributed by atoms with Gasteiger partial charge in [0.25, 0.3) is 0 Å². The first-order valence-corrected chi connectivity index (χ1v) is 12.6. The molecule has 0 spiro atoms. The number of carbonyl (C=O) groups excluding carboxylic acids is 3. The molecule has 7 nitrogen and oxygen atoms in total. The molecule has 3 amide bonds. The van der Waals surface area contributed by atoms with Crippen LogP contribution in [0, 0.1) is 12.8 Å². The van der Waals surface area contributed by atoms with Crippen molar-refractivity contribution in [3.63, 3.8) is 0 Å². The quantitative estimate of drug-likeness (QED) is 0.410. The molecule has 0 radical (unpaired) electrons. The van der Waals surface area contributed by atoms with E-state index in [2.05, 4.69) is 17.6 Å². The lowest BCUT2D eigenvalue weighted by molar-refractivity contribution is -0.143. The molecule has 1 rings (SSSR count). The maximum Gasteiger partial charge on any atom is 0.408 e. The van der Waals surface area contributed by atoms with E-state index in [-0.39, 0.29) is 17.7 Å². The van der Waals surface area contributed by atoms with Crippen molar-refractivity contribution in [2.75, 3.05) is 13.1 Å². The SMILES string of the molecule is CCCCNC(=O)C(c1ccccc1C)N(CCCC)C(=O)C(NC(=O)OC(C)(C)C)C(C)C. The first kappa shape index (κ1) is 29.5. The fraction of sp³-hybridized carbons (Fsp3) is 0.667. The highest BCUT2D eigenvalue weighted by atomic mass is 16.6. The van der Waals surface area contributed by atoms with Crippen LogP contribution in [-0.2, 0) is 14.3 Å². The van der Waals surface area contributed by atoms with Crippen LogP contribution >= 0.6 is 0 Å². The molecule has 0 aliphatic carbocycles. The molecule has 2 atom stereocenters. The van der Waals surface area contributed by atoms with Crippen molar-refractivity contribution in [1.82, 2.24) is 15.5 Å². The zero-order chi connectivity index (χ0) is 25.9. The van der Waals surface area contributed by atoms with Gasteiger partial charge < -0.3 is 20.3 Å². The Balaban J connectivity index is 3.40. The number of unbranched alkanes of at least 4 members (excludes halogenated alkanes) is 2. The zero-order valence-corrected chi connectivity index (χ0v) is 22.4. The van der Waals surface area contributed by atoms with Gasteiger partial charge in [-0.1, -0.05) is 64.8 Å². The van der Waals surface area contributed by atoms with Crippen LogP contribution in [0.1, 0.15) is 91.3 Å². The van der Waals surface area contributed by atoms with E-state index < -0.39 is 23.8 Å². The molecule has 0 aromatic heterocycles. The first-order chi connectivity index (χ1) is 15.9. The van der Waals surface area contributed by atoms with Gasteiger partial charge in [0.05, 0.1) is 0 Å². The molecule has 0 saturated heterocycles. The van der Waals surface area contributed by atoms with Crippen LogP contribution in [0.4, 0.5) is 4.79 Å². The first-order valence-electron chi connectivity index (χ1n) is 12.6. The Hall–Kier alpha value is -2.57. The molecule has 0 saturated carbocycles. The third-order valence-corrected chi connectivity index (χ3v) is 5.51. The zero-order valence-electron chi connectivity index (χ0n) is 22.4. The monoisotopic (exact) mass is 475 g/mol. The van der Waals surface area contributed by atoms with Gasteiger partial charge >= 0.3 is 6.09 Å². The molecule has 7 heteroatoms. The third-order valence-electron chi connectivity index (χ3n) is 5.51. The van der Waals surface area contributed by atoms with E-state index in [9.17, 15) is 14.4 Å². The van der Waals surface area contributed by atoms with E-state index in [0.29, 0.717) is 13.1 Å². The van der Waals surface area contributed by atoms with E-state index in [1.54, 1.807) is 25.7 Å². The van der Waals surface area contributed by atoms with Crippen LogP contribution in [-0.4, -0.2) is 47.5 Å². The number of rotatable bonds is 12. The Labute approximate surface area is 206 Å². The lowest BCUT2D eigenvalue weighted by Crippen LogP contribution is -2.55. The van der Waals surface area contributed by atoms with Gasteiger partial charge in [-0.15, -0.1) is 0 Å². The van der Waals surface area contributed by atoms with Gasteiger partial charge in [-0.25, -0.2) is 4.79 Å². The van der Waals surface area contributed by atoms with Crippen molar-refractivity contribution in [3.8, 4) is 0 Å². The number of benzene rings is 1. The summed E-state index contributed by atoms with van der Waals surface area (Å²) in [7, 11) is 0. The third kappa shape index (κ3) is 9.35. The number of carbonyl (C=O) groups is 3. The molecule has 1 aromatic rings. The molecule has 0 heterocycles. The van der Waals surface area contributed by atoms with E-state index in [1.165, 1.54) is 0 Å². The Kier molecular flexibility index (Phi) is 12.1. The number of amides is 3. The number of alkyl carbamates (subject to hydrolysis) is 1. The fourth-order valence-corrected chi connectivity index (χ4v) is 3.65. The highest BCUT2D eigenvalue weighted by Crippen LogP contribution is 2.27. The van der Waals surface area contributed by atoms with E-state index >= 15 is 0 Å². The van der Waals surface area contributed by atoms with Crippen LogP contribution in [0.15, 0.2) is 24.3 Å². The molecule has 192 valence electrons. The van der Waals surface area contributed by atoms with Crippen LogP contribution in [0.25, 0.3) is 0 Å². The molecule has 2 N–H and O–H groups in total. The lowest BCUT2D eigenvalue weighted by Gasteiger charge is -2.36. The smallest absolute Gasteiger partial charge is 0.408 e. The molecular formula is C27H45N3O4. The summed E-state index contributed by atoms with van der Waals surface area (Å²) in [5, 5.41) is 5.77. The van der Waals surface area contributed by atoms with Crippen molar-refractivity contribution in [2.45, 2.75) is 98.8 Å². The number of nitrogens with one attached hydrogen (secondary N) is 2. The molecule has 1 aromatic carbocycles. The summed E-state index contributed by atoms with van der Waals surface area (Å²) < 4.78 is 5.41. The highest BCUT2D eigenvalue weighted by Gasteiger charge is 2.37. The second-order valence-corrected chi connectivity index (χ2v) is 10.2. The van der Waals surface area contributed by atoms with Gasteiger partial charge in [0.2, 0.25) is 11.8 Å². The average molecular weight is 476 g/mol. The largest absolute Gasteiger partial charge is 0.444 e. The lowest BCUT2D eigenvalue weighted by atomic mass is 9.96. The maximum atomic E-state index is 13.9. The van der Waals surface area contributed by atoms with E-state index in [4.69, 9.17) is 4.74 Å². The summed E-state index contributed by atoms with van der Waals surface area (Å²) in [5.74, 6) is -0.676. The van der Waals surface area contributed by atoms with Gasteiger partial charge in [-0.3, -0.25) is 9.59 Å². The number of ether oxygens (including phenoxy) is 1. The summed E-state index contributed by atoms with van der Waals surface area (Å²) in [6.07, 6.45) is 2.79. The Morgan fingerprint density at radius 3 is 2.18 bits per heavy atom. The van der Waals surface area contributed by atoms with Crippen LogP contribution < -0.4 is 10.6 Å². The van der Waals surface area contributed by atoms with Crippen molar-refractivity contribution >= 4 is 17.9 Å². The minimum Gasteiger partial charge on any atom is -0.444 e. The van der Waals surface area contributed by atoms with Gasteiger partial charge in [-0.2, -0.15) is 0 Å². The Bertz CT molecular complexity index is 801. The number of hydrogen-bond acceptors (Lipinski definition) is 4. The van der Waals surface area contributed by atoms with Crippen LogP contribution in [0.3, 0.4) is 0 Å². The van der Waals surface area contributed by atoms with Crippen molar-refractivity contribution < 1.29 is 19.1 Å². The Morgan fingerprint density at radius 1 is 1.03 bits per heavy atom. The highest BCUT2D eigenvalue weighted by molar-refractivity contribution is 5.92. The van der Waals surface area contributed by atoms with Crippen LogP contribution in [0.2, 0.25) is 0 Å². The second kappa shape index (κ2) is 14.0.